The number of hydrogen-bond acceptors (Lipinski definition) is 3. The van der Waals surface area contributed by atoms with Crippen LogP contribution in [-0.2, 0) is 6.42 Å². The monoisotopic (exact) mass is 327 g/mol. The Hall–Kier alpha value is -1.65. The summed E-state index contributed by atoms with van der Waals surface area (Å²) in [5, 5.41) is 17.8. The van der Waals surface area contributed by atoms with Crippen molar-refractivity contribution >= 4 is 0 Å². The van der Waals surface area contributed by atoms with Crippen LogP contribution in [0.4, 0.5) is 0 Å². The molecule has 1 aromatic heterocycles. The molecular formula is C20H29N3O. The van der Waals surface area contributed by atoms with Crippen molar-refractivity contribution < 1.29 is 5.11 Å². The van der Waals surface area contributed by atoms with Crippen LogP contribution in [0.3, 0.4) is 0 Å². The summed E-state index contributed by atoms with van der Waals surface area (Å²) in [5.41, 5.74) is 6.32. The lowest BCUT2D eigenvalue weighted by atomic mass is 9.90. The smallest absolute Gasteiger partial charge is 0.0680 e. The molecule has 1 aliphatic carbocycles. The van der Waals surface area contributed by atoms with E-state index in [1.165, 1.54) is 34.5 Å². The van der Waals surface area contributed by atoms with Gasteiger partial charge in [-0.25, -0.2) is 4.68 Å². The van der Waals surface area contributed by atoms with Crippen LogP contribution in [0, 0.1) is 19.3 Å². The molecular weight excluding hydrogens is 298 g/mol. The minimum absolute atomic E-state index is 0.0965. The van der Waals surface area contributed by atoms with Gasteiger partial charge in [-0.2, -0.15) is 5.10 Å². The Bertz CT molecular complexity index is 718. The molecule has 1 aliphatic rings. The van der Waals surface area contributed by atoms with Crippen molar-refractivity contribution in [2.45, 2.75) is 53.0 Å². The molecule has 0 amide bonds. The Morgan fingerprint density at radius 2 is 2.12 bits per heavy atom. The van der Waals surface area contributed by atoms with Crippen molar-refractivity contribution in [2.24, 2.45) is 5.41 Å². The zero-order valence-corrected chi connectivity index (χ0v) is 15.3. The Morgan fingerprint density at radius 3 is 2.88 bits per heavy atom. The number of aliphatic hydroxyl groups is 1. The lowest BCUT2D eigenvalue weighted by molar-refractivity contribution is 0.152. The number of aryl methyl sites for hydroxylation is 1. The minimum atomic E-state index is -0.0965. The lowest BCUT2D eigenvalue weighted by Crippen LogP contribution is -2.35. The Labute approximate surface area is 144 Å². The van der Waals surface area contributed by atoms with Crippen LogP contribution < -0.4 is 5.32 Å². The van der Waals surface area contributed by atoms with Crippen molar-refractivity contribution in [2.75, 3.05) is 13.2 Å². The van der Waals surface area contributed by atoms with E-state index in [1.54, 1.807) is 0 Å². The van der Waals surface area contributed by atoms with Gasteiger partial charge >= 0.3 is 0 Å². The lowest BCUT2D eigenvalue weighted by Gasteiger charge is -2.29. The maximum Gasteiger partial charge on any atom is 0.0680 e. The highest BCUT2D eigenvalue weighted by Gasteiger charge is 2.27. The van der Waals surface area contributed by atoms with E-state index in [-0.39, 0.29) is 12.0 Å². The van der Waals surface area contributed by atoms with Gasteiger partial charge in [0.25, 0.3) is 0 Å². The van der Waals surface area contributed by atoms with Gasteiger partial charge in [0, 0.05) is 35.9 Å². The number of nitrogens with one attached hydrogen (secondary N) is 1. The topological polar surface area (TPSA) is 50.1 Å². The maximum atomic E-state index is 9.47. The normalized spacial score (nSPS) is 17.8. The number of benzene rings is 1. The number of hydrogen-bond donors (Lipinski definition) is 2. The summed E-state index contributed by atoms with van der Waals surface area (Å²) in [7, 11) is 0. The van der Waals surface area contributed by atoms with Crippen molar-refractivity contribution in [1.29, 1.82) is 0 Å². The molecule has 2 N–H and O–H groups in total. The van der Waals surface area contributed by atoms with Crippen LogP contribution in [0.15, 0.2) is 24.4 Å². The summed E-state index contributed by atoms with van der Waals surface area (Å²) in [6.07, 6.45) is 5.40. The molecule has 4 nitrogen and oxygen atoms in total. The number of aliphatic hydroxyl groups excluding tert-OH is 1. The molecule has 4 heteroatoms. The van der Waals surface area contributed by atoms with Crippen LogP contribution in [0.25, 0.3) is 5.69 Å². The van der Waals surface area contributed by atoms with E-state index < -0.39 is 0 Å². The molecule has 1 heterocycles. The number of fused-ring (bicyclic) bond motifs is 1. The summed E-state index contributed by atoms with van der Waals surface area (Å²) in [6, 6.07) is 6.74. The first-order valence-corrected chi connectivity index (χ1v) is 8.90. The fourth-order valence-electron chi connectivity index (χ4n) is 3.40. The van der Waals surface area contributed by atoms with Crippen molar-refractivity contribution in [3.05, 3.63) is 46.8 Å². The highest BCUT2D eigenvalue weighted by Crippen LogP contribution is 2.32. The van der Waals surface area contributed by atoms with Crippen LogP contribution in [0.5, 0.6) is 0 Å². The highest BCUT2D eigenvalue weighted by molar-refractivity contribution is 5.46. The number of aromatic nitrogens is 2. The standard InChI is InChI=1S/C20H29N3O/c1-14-7-5-9-18(15(14)2)23-19-10-6-8-17(16(19)11-22-23)21-12-20(3,4)13-24/h5,7,9,11,17,21,24H,6,8,10,12-13H2,1-4H3/t17-/m1/s1. The fourth-order valence-corrected chi connectivity index (χ4v) is 3.40. The molecule has 2 aromatic rings. The van der Waals surface area contributed by atoms with Crippen LogP contribution in [-0.4, -0.2) is 28.0 Å². The molecule has 1 atom stereocenters. The van der Waals surface area contributed by atoms with Crippen molar-refractivity contribution in [3.63, 3.8) is 0 Å². The van der Waals surface area contributed by atoms with E-state index in [1.807, 2.05) is 6.20 Å². The van der Waals surface area contributed by atoms with E-state index in [4.69, 9.17) is 5.10 Å². The zero-order valence-electron chi connectivity index (χ0n) is 15.3. The van der Waals surface area contributed by atoms with Gasteiger partial charge in [0.2, 0.25) is 0 Å². The van der Waals surface area contributed by atoms with E-state index in [0.29, 0.717) is 6.04 Å². The largest absolute Gasteiger partial charge is 0.396 e. The van der Waals surface area contributed by atoms with Gasteiger partial charge in [-0.1, -0.05) is 26.0 Å². The molecule has 130 valence electrons. The van der Waals surface area contributed by atoms with E-state index in [0.717, 1.165) is 19.4 Å². The van der Waals surface area contributed by atoms with Crippen molar-refractivity contribution in [3.8, 4) is 5.69 Å². The summed E-state index contributed by atoms with van der Waals surface area (Å²) in [4.78, 5) is 0. The Morgan fingerprint density at radius 1 is 1.33 bits per heavy atom. The minimum Gasteiger partial charge on any atom is -0.396 e. The van der Waals surface area contributed by atoms with Gasteiger partial charge in [0.1, 0.15) is 0 Å². The first-order valence-electron chi connectivity index (χ1n) is 8.90. The SMILES string of the molecule is Cc1cccc(-n2ncc3c2CCC[C@H]3NCC(C)(C)CO)c1C. The molecule has 3 rings (SSSR count). The van der Waals surface area contributed by atoms with Gasteiger partial charge in [0.05, 0.1) is 11.9 Å². The molecule has 0 unspecified atom stereocenters. The summed E-state index contributed by atoms with van der Waals surface area (Å²) < 4.78 is 2.13. The van der Waals surface area contributed by atoms with E-state index in [9.17, 15) is 5.11 Å². The number of rotatable bonds is 5. The maximum absolute atomic E-state index is 9.47. The summed E-state index contributed by atoms with van der Waals surface area (Å²) in [6.45, 7) is 9.49. The molecule has 0 saturated heterocycles. The molecule has 0 bridgehead atoms. The third-order valence-corrected chi connectivity index (χ3v) is 5.24. The molecule has 24 heavy (non-hydrogen) atoms. The second kappa shape index (κ2) is 6.69. The predicted molar refractivity (Wildman–Crippen MR) is 97.6 cm³/mol. The number of nitrogens with zero attached hydrogens (tertiary/aromatic N) is 2. The first-order chi connectivity index (χ1) is 11.4. The molecule has 0 saturated carbocycles. The van der Waals surface area contributed by atoms with E-state index >= 15 is 0 Å². The quantitative estimate of drug-likeness (QED) is 0.884. The van der Waals surface area contributed by atoms with Gasteiger partial charge < -0.3 is 10.4 Å². The predicted octanol–water partition coefficient (Wildman–Crippen LogP) is 3.47. The van der Waals surface area contributed by atoms with Crippen LogP contribution >= 0.6 is 0 Å². The summed E-state index contributed by atoms with van der Waals surface area (Å²) in [5.74, 6) is 0. The van der Waals surface area contributed by atoms with Gasteiger partial charge in [0.15, 0.2) is 0 Å². The second-order valence-corrected chi connectivity index (χ2v) is 7.83. The molecule has 0 spiro atoms. The summed E-state index contributed by atoms with van der Waals surface area (Å²) >= 11 is 0. The Kier molecular flexibility index (Phi) is 4.79. The Balaban J connectivity index is 1.89. The molecule has 0 fully saturated rings. The van der Waals surface area contributed by atoms with Crippen molar-refractivity contribution in [1.82, 2.24) is 15.1 Å². The van der Waals surface area contributed by atoms with Gasteiger partial charge in [-0.05, 0) is 50.3 Å². The molecule has 0 aliphatic heterocycles. The van der Waals surface area contributed by atoms with Gasteiger partial charge in [-0.3, -0.25) is 0 Å². The molecule has 0 radical (unpaired) electrons. The first kappa shape index (κ1) is 17.2. The second-order valence-electron chi connectivity index (χ2n) is 7.83. The highest BCUT2D eigenvalue weighted by atomic mass is 16.3. The van der Waals surface area contributed by atoms with Crippen LogP contribution in [0.2, 0.25) is 0 Å². The fraction of sp³-hybridized carbons (Fsp3) is 0.550. The van der Waals surface area contributed by atoms with Gasteiger partial charge in [-0.15, -0.1) is 0 Å². The van der Waals surface area contributed by atoms with Crippen LogP contribution in [0.1, 0.15) is 55.1 Å². The average Bonchev–Trinajstić information content (AvgIpc) is 3.00. The zero-order chi connectivity index (χ0) is 17.3. The third kappa shape index (κ3) is 3.26. The average molecular weight is 327 g/mol. The molecule has 1 aromatic carbocycles. The third-order valence-electron chi connectivity index (χ3n) is 5.24. The van der Waals surface area contributed by atoms with E-state index in [2.05, 4.69) is 55.9 Å².